The molecule has 0 spiro atoms. The van der Waals surface area contributed by atoms with Crippen molar-refractivity contribution in [2.45, 2.75) is 39.8 Å². The molecule has 1 heterocycles. The predicted octanol–water partition coefficient (Wildman–Crippen LogP) is 3.04. The average molecular weight is 287 g/mol. The van der Waals surface area contributed by atoms with Crippen LogP contribution in [0.5, 0.6) is 5.88 Å². The molecule has 0 saturated heterocycles. The van der Waals surface area contributed by atoms with E-state index >= 15 is 0 Å². The van der Waals surface area contributed by atoms with Gasteiger partial charge in [-0.25, -0.2) is 4.98 Å². The second-order valence-electron chi connectivity index (χ2n) is 4.57. The number of hydrogen-bond acceptors (Lipinski definition) is 4. The number of hydrogen-bond donors (Lipinski definition) is 1. The fourth-order valence-electron chi connectivity index (χ4n) is 1.42. The molecule has 108 valence electrons. The number of nitrogens with zero attached hydrogens (tertiary/aromatic N) is 1. The van der Waals surface area contributed by atoms with Gasteiger partial charge in [0.25, 0.3) is 0 Å². The second kappa shape index (κ2) is 9.13. The van der Waals surface area contributed by atoms with E-state index in [4.69, 9.17) is 21.1 Å². The quantitative estimate of drug-likeness (QED) is 0.709. The van der Waals surface area contributed by atoms with Crippen molar-refractivity contribution < 1.29 is 9.47 Å². The maximum atomic E-state index is 6.10. The monoisotopic (exact) mass is 286 g/mol. The molecule has 0 amide bonds. The normalized spacial score (nSPS) is 11.0. The summed E-state index contributed by atoms with van der Waals surface area (Å²) in [6, 6.07) is 3.99. The van der Waals surface area contributed by atoms with Gasteiger partial charge >= 0.3 is 0 Å². The summed E-state index contributed by atoms with van der Waals surface area (Å²) < 4.78 is 10.9. The predicted molar refractivity (Wildman–Crippen MR) is 77.8 cm³/mol. The van der Waals surface area contributed by atoms with Gasteiger partial charge in [0.2, 0.25) is 5.88 Å². The van der Waals surface area contributed by atoms with Crippen molar-refractivity contribution in [1.82, 2.24) is 10.3 Å². The van der Waals surface area contributed by atoms with Crippen LogP contribution in [0.4, 0.5) is 0 Å². The first-order valence-corrected chi connectivity index (χ1v) is 7.10. The van der Waals surface area contributed by atoms with Crippen molar-refractivity contribution >= 4 is 11.6 Å². The SMILES string of the molecule is CCCOCCOc1ccc(Cl)c(CNC(C)C)n1. The standard InChI is InChI=1S/C14H23ClN2O2/c1-4-7-18-8-9-19-14-6-5-12(15)13(17-14)10-16-11(2)3/h5-6,11,16H,4,7-10H2,1-3H3. The van der Waals surface area contributed by atoms with E-state index in [2.05, 4.69) is 31.1 Å². The lowest BCUT2D eigenvalue weighted by Gasteiger charge is -2.11. The lowest BCUT2D eigenvalue weighted by molar-refractivity contribution is 0.0989. The molecule has 1 aromatic heterocycles. The Balaban J connectivity index is 2.43. The summed E-state index contributed by atoms with van der Waals surface area (Å²) in [6.07, 6.45) is 1.02. The molecule has 19 heavy (non-hydrogen) atoms. The fourth-order valence-corrected chi connectivity index (χ4v) is 1.59. The van der Waals surface area contributed by atoms with Gasteiger partial charge < -0.3 is 14.8 Å². The number of ether oxygens (including phenoxy) is 2. The summed E-state index contributed by atoms with van der Waals surface area (Å²) in [5.74, 6) is 0.588. The molecule has 1 rings (SSSR count). The molecule has 1 N–H and O–H groups in total. The van der Waals surface area contributed by atoms with E-state index in [0.29, 0.717) is 36.7 Å². The van der Waals surface area contributed by atoms with Gasteiger partial charge in [-0.15, -0.1) is 0 Å². The van der Waals surface area contributed by atoms with Crippen molar-refractivity contribution in [1.29, 1.82) is 0 Å². The highest BCUT2D eigenvalue weighted by Gasteiger charge is 2.05. The number of aromatic nitrogens is 1. The number of nitrogens with one attached hydrogen (secondary N) is 1. The minimum atomic E-state index is 0.393. The van der Waals surface area contributed by atoms with Gasteiger partial charge in [0.15, 0.2) is 0 Å². The van der Waals surface area contributed by atoms with Crippen LogP contribution in [0.15, 0.2) is 12.1 Å². The third-order valence-electron chi connectivity index (χ3n) is 2.40. The van der Waals surface area contributed by atoms with Crippen LogP contribution >= 0.6 is 11.6 Å². The molecule has 0 fully saturated rings. The molecule has 0 saturated carbocycles. The van der Waals surface area contributed by atoms with E-state index in [9.17, 15) is 0 Å². The zero-order valence-electron chi connectivity index (χ0n) is 11.9. The van der Waals surface area contributed by atoms with Crippen molar-refractivity contribution in [2.75, 3.05) is 19.8 Å². The lowest BCUT2D eigenvalue weighted by atomic mass is 10.3. The van der Waals surface area contributed by atoms with E-state index in [-0.39, 0.29) is 0 Å². The molecule has 0 aliphatic heterocycles. The van der Waals surface area contributed by atoms with E-state index in [1.807, 2.05) is 6.07 Å². The molecule has 0 aliphatic rings. The van der Waals surface area contributed by atoms with Crippen molar-refractivity contribution in [3.63, 3.8) is 0 Å². The molecular formula is C14H23ClN2O2. The van der Waals surface area contributed by atoms with Crippen molar-refractivity contribution in [3.05, 3.63) is 22.8 Å². The second-order valence-corrected chi connectivity index (χ2v) is 4.98. The minimum absolute atomic E-state index is 0.393. The largest absolute Gasteiger partial charge is 0.475 e. The summed E-state index contributed by atoms with van der Waals surface area (Å²) in [7, 11) is 0. The van der Waals surface area contributed by atoms with Gasteiger partial charge in [0.1, 0.15) is 6.61 Å². The first kappa shape index (κ1) is 16.2. The van der Waals surface area contributed by atoms with Gasteiger partial charge in [0.05, 0.1) is 17.3 Å². The van der Waals surface area contributed by atoms with Crippen LogP contribution in [-0.2, 0) is 11.3 Å². The zero-order valence-corrected chi connectivity index (χ0v) is 12.7. The molecule has 1 aromatic rings. The summed E-state index contributed by atoms with van der Waals surface area (Å²) >= 11 is 6.10. The molecule has 0 radical (unpaired) electrons. The van der Waals surface area contributed by atoms with Gasteiger partial charge in [-0.2, -0.15) is 0 Å². The van der Waals surface area contributed by atoms with E-state index in [1.54, 1.807) is 6.07 Å². The highest BCUT2D eigenvalue weighted by Crippen LogP contribution is 2.18. The number of rotatable bonds is 9. The smallest absolute Gasteiger partial charge is 0.213 e. The maximum absolute atomic E-state index is 6.10. The molecule has 0 unspecified atom stereocenters. The van der Waals surface area contributed by atoms with E-state index in [1.165, 1.54) is 0 Å². The van der Waals surface area contributed by atoms with Gasteiger partial charge in [-0.3, -0.25) is 0 Å². The number of halogens is 1. The van der Waals surface area contributed by atoms with Crippen LogP contribution < -0.4 is 10.1 Å². The Bertz CT molecular complexity index is 372. The third kappa shape index (κ3) is 6.76. The molecule has 0 aliphatic carbocycles. The molecule has 0 aromatic carbocycles. The molecule has 5 heteroatoms. The lowest BCUT2D eigenvalue weighted by Crippen LogP contribution is -2.22. The summed E-state index contributed by atoms with van der Waals surface area (Å²) in [4.78, 5) is 4.39. The van der Waals surface area contributed by atoms with Crippen molar-refractivity contribution in [3.8, 4) is 5.88 Å². The average Bonchev–Trinajstić information content (AvgIpc) is 2.38. The highest BCUT2D eigenvalue weighted by atomic mass is 35.5. The topological polar surface area (TPSA) is 43.4 Å². The van der Waals surface area contributed by atoms with Gasteiger partial charge in [-0.05, 0) is 12.5 Å². The molecule has 0 bridgehead atoms. The van der Waals surface area contributed by atoms with Crippen LogP contribution in [0, 0.1) is 0 Å². The Morgan fingerprint density at radius 2 is 2.05 bits per heavy atom. The molecule has 4 nitrogen and oxygen atoms in total. The Kier molecular flexibility index (Phi) is 7.79. The minimum Gasteiger partial charge on any atom is -0.475 e. The first-order valence-electron chi connectivity index (χ1n) is 6.72. The van der Waals surface area contributed by atoms with Crippen LogP contribution in [0.3, 0.4) is 0 Å². The molecule has 0 atom stereocenters. The highest BCUT2D eigenvalue weighted by molar-refractivity contribution is 6.31. The van der Waals surface area contributed by atoms with Crippen molar-refractivity contribution in [2.24, 2.45) is 0 Å². The van der Waals surface area contributed by atoms with Crippen LogP contribution in [0.1, 0.15) is 32.9 Å². The van der Waals surface area contributed by atoms with Gasteiger partial charge in [0, 0.05) is 25.3 Å². The summed E-state index contributed by atoms with van der Waals surface area (Å²) in [5.41, 5.74) is 0.808. The van der Waals surface area contributed by atoms with Gasteiger partial charge in [-0.1, -0.05) is 32.4 Å². The molecular weight excluding hydrogens is 264 g/mol. The van der Waals surface area contributed by atoms with E-state index in [0.717, 1.165) is 18.7 Å². The maximum Gasteiger partial charge on any atom is 0.213 e. The summed E-state index contributed by atoms with van der Waals surface area (Å²) in [6.45, 7) is 8.73. The summed E-state index contributed by atoms with van der Waals surface area (Å²) in [5, 5.41) is 3.94. The van der Waals surface area contributed by atoms with Crippen LogP contribution in [0.2, 0.25) is 5.02 Å². The number of pyridine rings is 1. The van der Waals surface area contributed by atoms with E-state index < -0.39 is 0 Å². The Labute approximate surface area is 120 Å². The Hall–Kier alpha value is -0.840. The Morgan fingerprint density at radius 3 is 2.74 bits per heavy atom. The van der Waals surface area contributed by atoms with Crippen LogP contribution in [0.25, 0.3) is 0 Å². The third-order valence-corrected chi connectivity index (χ3v) is 2.74. The zero-order chi connectivity index (χ0) is 14.1. The fraction of sp³-hybridized carbons (Fsp3) is 0.643. The first-order chi connectivity index (χ1) is 9.13. The van der Waals surface area contributed by atoms with Crippen LogP contribution in [-0.4, -0.2) is 30.8 Å². The Morgan fingerprint density at radius 1 is 1.26 bits per heavy atom.